The van der Waals surface area contributed by atoms with Crippen molar-refractivity contribution < 1.29 is 14.3 Å². The van der Waals surface area contributed by atoms with Gasteiger partial charge in [-0.1, -0.05) is 0 Å². The molecule has 2 heterocycles. The van der Waals surface area contributed by atoms with Gasteiger partial charge in [0.15, 0.2) is 0 Å². The second-order valence-electron chi connectivity index (χ2n) is 4.51. The number of rotatable bonds is 4. The quantitative estimate of drug-likeness (QED) is 0.822. The van der Waals surface area contributed by atoms with Crippen LogP contribution in [-0.4, -0.2) is 48.0 Å². The average molecular weight is 278 g/mol. The van der Waals surface area contributed by atoms with Crippen LogP contribution in [0.2, 0.25) is 0 Å². The molecule has 1 saturated heterocycles. The summed E-state index contributed by atoms with van der Waals surface area (Å²) in [4.78, 5) is 29.2. The first-order chi connectivity index (χ1) is 9.65. The standard InChI is InChI=1S/C13H18N4O3/c14-11-2-1-10(9-15-11)16-12(18)3-4-13(19)17-5-7-20-8-6-17/h1-2,9H,3-8H2,(H2,14,15)(H,16,18). The maximum Gasteiger partial charge on any atom is 0.224 e. The topological polar surface area (TPSA) is 97.5 Å². The molecule has 1 aromatic heterocycles. The molecular weight excluding hydrogens is 260 g/mol. The predicted octanol–water partition coefficient (Wildman–Crippen LogP) is 0.241. The van der Waals surface area contributed by atoms with Gasteiger partial charge in [-0.2, -0.15) is 0 Å². The van der Waals surface area contributed by atoms with E-state index in [-0.39, 0.29) is 24.7 Å². The third kappa shape index (κ3) is 4.20. The number of nitrogens with two attached hydrogens (primary N) is 1. The summed E-state index contributed by atoms with van der Waals surface area (Å²) in [6.45, 7) is 2.33. The van der Waals surface area contributed by atoms with Gasteiger partial charge in [0.25, 0.3) is 0 Å². The minimum Gasteiger partial charge on any atom is -0.384 e. The number of nitrogen functional groups attached to an aromatic ring is 1. The lowest BCUT2D eigenvalue weighted by Gasteiger charge is -2.26. The number of hydrogen-bond acceptors (Lipinski definition) is 5. The first-order valence-electron chi connectivity index (χ1n) is 6.52. The molecule has 0 aliphatic carbocycles. The van der Waals surface area contributed by atoms with Crippen LogP contribution in [-0.2, 0) is 14.3 Å². The van der Waals surface area contributed by atoms with E-state index in [0.29, 0.717) is 37.8 Å². The molecule has 108 valence electrons. The third-order valence-corrected chi connectivity index (χ3v) is 3.00. The summed E-state index contributed by atoms with van der Waals surface area (Å²) in [5.41, 5.74) is 6.03. The smallest absolute Gasteiger partial charge is 0.224 e. The van der Waals surface area contributed by atoms with Crippen LogP contribution >= 0.6 is 0 Å². The summed E-state index contributed by atoms with van der Waals surface area (Å²) in [6, 6.07) is 3.28. The number of nitrogens with one attached hydrogen (secondary N) is 1. The van der Waals surface area contributed by atoms with E-state index in [4.69, 9.17) is 10.5 Å². The Morgan fingerprint density at radius 1 is 1.30 bits per heavy atom. The molecule has 3 N–H and O–H groups in total. The fourth-order valence-corrected chi connectivity index (χ4v) is 1.89. The molecule has 2 rings (SSSR count). The van der Waals surface area contributed by atoms with Gasteiger partial charge >= 0.3 is 0 Å². The summed E-state index contributed by atoms with van der Waals surface area (Å²) in [5, 5.41) is 2.67. The van der Waals surface area contributed by atoms with Crippen molar-refractivity contribution in [2.45, 2.75) is 12.8 Å². The molecular formula is C13H18N4O3. The van der Waals surface area contributed by atoms with Crippen molar-refractivity contribution in [3.63, 3.8) is 0 Å². The Bertz CT molecular complexity index is 469. The Morgan fingerprint density at radius 2 is 2.05 bits per heavy atom. The number of carbonyl (C=O) groups is 2. The number of anilines is 2. The molecule has 0 unspecified atom stereocenters. The van der Waals surface area contributed by atoms with E-state index in [9.17, 15) is 9.59 Å². The first kappa shape index (κ1) is 14.3. The molecule has 0 bridgehead atoms. The Kier molecular flexibility index (Phi) is 4.89. The summed E-state index contributed by atoms with van der Waals surface area (Å²) >= 11 is 0. The van der Waals surface area contributed by atoms with E-state index in [1.807, 2.05) is 0 Å². The molecule has 0 radical (unpaired) electrons. The zero-order chi connectivity index (χ0) is 14.4. The second-order valence-corrected chi connectivity index (χ2v) is 4.51. The van der Waals surface area contributed by atoms with Crippen molar-refractivity contribution in [3.05, 3.63) is 18.3 Å². The van der Waals surface area contributed by atoms with Gasteiger partial charge in [-0.25, -0.2) is 4.98 Å². The molecule has 1 aromatic rings. The van der Waals surface area contributed by atoms with Gasteiger partial charge in [-0.15, -0.1) is 0 Å². The van der Waals surface area contributed by atoms with Gasteiger partial charge in [-0.3, -0.25) is 9.59 Å². The number of morpholine rings is 1. The molecule has 0 spiro atoms. The SMILES string of the molecule is Nc1ccc(NC(=O)CCC(=O)N2CCOCC2)cn1. The van der Waals surface area contributed by atoms with Crippen LogP contribution in [0.1, 0.15) is 12.8 Å². The summed E-state index contributed by atoms with van der Waals surface area (Å²) in [7, 11) is 0. The van der Waals surface area contributed by atoms with Crippen molar-refractivity contribution in [1.29, 1.82) is 0 Å². The Hall–Kier alpha value is -2.15. The third-order valence-electron chi connectivity index (χ3n) is 3.00. The summed E-state index contributed by atoms with van der Waals surface area (Å²) in [5.74, 6) is 0.169. The Balaban J connectivity index is 1.74. The minimum atomic E-state index is -0.210. The molecule has 0 aromatic carbocycles. The highest BCUT2D eigenvalue weighted by Gasteiger charge is 2.17. The number of aromatic nitrogens is 1. The molecule has 2 amide bonds. The van der Waals surface area contributed by atoms with Crippen LogP contribution in [0, 0.1) is 0 Å². The van der Waals surface area contributed by atoms with Crippen LogP contribution < -0.4 is 11.1 Å². The largest absolute Gasteiger partial charge is 0.384 e. The Morgan fingerprint density at radius 3 is 2.70 bits per heavy atom. The number of hydrogen-bond donors (Lipinski definition) is 2. The van der Waals surface area contributed by atoms with Crippen LogP contribution in [0.3, 0.4) is 0 Å². The van der Waals surface area contributed by atoms with E-state index < -0.39 is 0 Å². The maximum atomic E-state index is 11.9. The molecule has 7 heteroatoms. The van der Waals surface area contributed by atoms with E-state index in [2.05, 4.69) is 10.3 Å². The van der Waals surface area contributed by atoms with E-state index in [0.717, 1.165) is 0 Å². The fourth-order valence-electron chi connectivity index (χ4n) is 1.89. The van der Waals surface area contributed by atoms with Crippen molar-refractivity contribution >= 4 is 23.3 Å². The molecule has 1 aliphatic heterocycles. The molecule has 0 saturated carbocycles. The van der Waals surface area contributed by atoms with Gasteiger partial charge in [0.05, 0.1) is 25.1 Å². The van der Waals surface area contributed by atoms with Gasteiger partial charge in [0, 0.05) is 25.9 Å². The van der Waals surface area contributed by atoms with Gasteiger partial charge in [0.1, 0.15) is 5.82 Å². The van der Waals surface area contributed by atoms with Crippen LogP contribution in [0.5, 0.6) is 0 Å². The number of amides is 2. The predicted molar refractivity (Wildman–Crippen MR) is 73.9 cm³/mol. The number of ether oxygens (including phenoxy) is 1. The van der Waals surface area contributed by atoms with Crippen molar-refractivity contribution in [2.24, 2.45) is 0 Å². The van der Waals surface area contributed by atoms with Crippen LogP contribution in [0.15, 0.2) is 18.3 Å². The highest BCUT2D eigenvalue weighted by atomic mass is 16.5. The zero-order valence-electron chi connectivity index (χ0n) is 11.2. The normalized spacial score (nSPS) is 14.9. The van der Waals surface area contributed by atoms with E-state index in [1.54, 1.807) is 17.0 Å². The number of carbonyl (C=O) groups excluding carboxylic acids is 2. The minimum absolute atomic E-state index is 0.0149. The highest BCUT2D eigenvalue weighted by Crippen LogP contribution is 2.08. The van der Waals surface area contributed by atoms with Crippen molar-refractivity contribution in [1.82, 2.24) is 9.88 Å². The molecule has 0 atom stereocenters. The lowest BCUT2D eigenvalue weighted by atomic mass is 10.2. The average Bonchev–Trinajstić information content (AvgIpc) is 2.48. The van der Waals surface area contributed by atoms with Crippen LogP contribution in [0.25, 0.3) is 0 Å². The number of nitrogens with zero attached hydrogens (tertiary/aromatic N) is 2. The second kappa shape index (κ2) is 6.85. The van der Waals surface area contributed by atoms with Crippen molar-refractivity contribution in [3.8, 4) is 0 Å². The lowest BCUT2D eigenvalue weighted by molar-refractivity contribution is -0.136. The van der Waals surface area contributed by atoms with Crippen molar-refractivity contribution in [2.75, 3.05) is 37.4 Å². The van der Waals surface area contributed by atoms with Gasteiger partial charge < -0.3 is 20.7 Å². The molecule has 1 fully saturated rings. The van der Waals surface area contributed by atoms with E-state index >= 15 is 0 Å². The molecule has 20 heavy (non-hydrogen) atoms. The zero-order valence-corrected chi connectivity index (χ0v) is 11.2. The Labute approximate surface area is 117 Å². The highest BCUT2D eigenvalue weighted by molar-refractivity contribution is 5.93. The first-order valence-corrected chi connectivity index (χ1v) is 6.52. The fraction of sp³-hybridized carbons (Fsp3) is 0.462. The lowest BCUT2D eigenvalue weighted by Crippen LogP contribution is -2.40. The summed E-state index contributed by atoms with van der Waals surface area (Å²) in [6.07, 6.45) is 1.84. The van der Waals surface area contributed by atoms with Gasteiger partial charge in [-0.05, 0) is 12.1 Å². The molecule has 7 nitrogen and oxygen atoms in total. The van der Waals surface area contributed by atoms with Crippen LogP contribution in [0.4, 0.5) is 11.5 Å². The monoisotopic (exact) mass is 278 g/mol. The van der Waals surface area contributed by atoms with Gasteiger partial charge in [0.2, 0.25) is 11.8 Å². The molecule has 1 aliphatic rings. The number of pyridine rings is 1. The van der Waals surface area contributed by atoms with E-state index in [1.165, 1.54) is 6.20 Å². The summed E-state index contributed by atoms with van der Waals surface area (Å²) < 4.78 is 5.17. The maximum absolute atomic E-state index is 11.9.